The van der Waals surface area contributed by atoms with Crippen LogP contribution in [0.15, 0.2) is 46.1 Å². The summed E-state index contributed by atoms with van der Waals surface area (Å²) in [7, 11) is -3.48. The molecule has 5 nitrogen and oxygen atoms in total. The smallest absolute Gasteiger partial charge is 0.251 e. The topological polar surface area (TPSA) is 70.2 Å². The Balaban J connectivity index is 1.92. The van der Waals surface area contributed by atoms with Crippen molar-refractivity contribution in [1.29, 1.82) is 0 Å². The summed E-state index contributed by atoms with van der Waals surface area (Å²) in [5.74, 6) is 0.505. The monoisotopic (exact) mass is 504 g/mol. The maximum atomic E-state index is 13.0. The molecular formula is C27H37ClN2O3S. The molecule has 1 aromatic heterocycles. The van der Waals surface area contributed by atoms with E-state index in [1.165, 1.54) is 12.8 Å². The lowest BCUT2D eigenvalue weighted by Crippen LogP contribution is -2.25. The minimum atomic E-state index is -3.48. The molecule has 0 bridgehead atoms. The van der Waals surface area contributed by atoms with Crippen molar-refractivity contribution >= 4 is 27.0 Å². The number of halogens is 1. The Morgan fingerprint density at radius 2 is 1.82 bits per heavy atom. The van der Waals surface area contributed by atoms with Crippen LogP contribution < -0.4 is 5.56 Å². The minimum Gasteiger partial charge on any atom is -0.322 e. The third kappa shape index (κ3) is 6.61. The lowest BCUT2D eigenvalue weighted by Gasteiger charge is -2.18. The van der Waals surface area contributed by atoms with Crippen LogP contribution in [0.3, 0.4) is 0 Å². The second-order valence-corrected chi connectivity index (χ2v) is 11.5. The molecule has 0 atom stereocenters. The summed E-state index contributed by atoms with van der Waals surface area (Å²) in [6.07, 6.45) is 8.09. The second-order valence-electron chi connectivity index (χ2n) is 9.05. The van der Waals surface area contributed by atoms with Gasteiger partial charge in [0.05, 0.1) is 15.7 Å². The Kier molecular flexibility index (Phi) is 9.57. The number of nitrogens with one attached hydrogen (secondary N) is 1. The van der Waals surface area contributed by atoms with Gasteiger partial charge < -0.3 is 9.88 Å². The highest BCUT2D eigenvalue weighted by Crippen LogP contribution is 2.34. The van der Waals surface area contributed by atoms with Gasteiger partial charge in [-0.05, 0) is 75.0 Å². The molecule has 7 heteroatoms. The normalized spacial score (nSPS) is 15.4. The van der Waals surface area contributed by atoms with Crippen LogP contribution in [0.5, 0.6) is 0 Å². The fraction of sp³-hybridized carbons (Fsp3) is 0.519. The van der Waals surface area contributed by atoms with Crippen molar-refractivity contribution in [3.8, 4) is 0 Å². The van der Waals surface area contributed by atoms with E-state index < -0.39 is 9.84 Å². The molecule has 0 radical (unpaired) electrons. The number of aromatic nitrogens is 1. The molecule has 1 aliphatic carbocycles. The number of pyridine rings is 1. The number of H-pyrrole nitrogens is 1. The van der Waals surface area contributed by atoms with E-state index in [2.05, 4.69) is 29.8 Å². The molecular weight excluding hydrogens is 468 g/mol. The number of sulfone groups is 1. The molecule has 1 heterocycles. The molecule has 0 spiro atoms. The average Bonchev–Trinajstić information content (AvgIpc) is 3.33. The van der Waals surface area contributed by atoms with Gasteiger partial charge in [-0.2, -0.15) is 0 Å². The van der Waals surface area contributed by atoms with Crippen molar-refractivity contribution in [3.05, 3.63) is 68.6 Å². The molecule has 34 heavy (non-hydrogen) atoms. The first-order chi connectivity index (χ1) is 16.3. The van der Waals surface area contributed by atoms with Gasteiger partial charge in [0.15, 0.2) is 9.84 Å². The third-order valence-electron chi connectivity index (χ3n) is 6.82. The van der Waals surface area contributed by atoms with Crippen LogP contribution >= 0.6 is 11.6 Å². The number of rotatable bonds is 11. The molecule has 0 saturated heterocycles. The van der Waals surface area contributed by atoms with Gasteiger partial charge in [-0.3, -0.25) is 4.79 Å². The largest absolute Gasteiger partial charge is 0.322 e. The Bertz CT molecular complexity index is 1160. The van der Waals surface area contributed by atoms with E-state index in [9.17, 15) is 13.2 Å². The van der Waals surface area contributed by atoms with Crippen LogP contribution in [0.2, 0.25) is 5.02 Å². The zero-order chi connectivity index (χ0) is 24.7. The first-order valence-electron chi connectivity index (χ1n) is 12.5. The predicted octanol–water partition coefficient (Wildman–Crippen LogP) is 5.72. The number of nitrogens with zero attached hydrogens (tertiary/aromatic N) is 1. The Morgan fingerprint density at radius 1 is 1.12 bits per heavy atom. The van der Waals surface area contributed by atoms with Crippen LogP contribution in [0.1, 0.15) is 69.7 Å². The lowest BCUT2D eigenvalue weighted by molar-refractivity contribution is 0.305. The summed E-state index contributed by atoms with van der Waals surface area (Å²) in [6, 6.07) is 8.97. The summed E-state index contributed by atoms with van der Waals surface area (Å²) in [6.45, 7) is 8.67. The van der Waals surface area contributed by atoms with E-state index in [4.69, 9.17) is 11.6 Å². The summed E-state index contributed by atoms with van der Waals surface area (Å²) < 4.78 is 26.0. The average molecular weight is 505 g/mol. The van der Waals surface area contributed by atoms with E-state index in [0.717, 1.165) is 54.9 Å². The highest BCUT2D eigenvalue weighted by Gasteiger charge is 2.21. The molecule has 1 fully saturated rings. The summed E-state index contributed by atoms with van der Waals surface area (Å²) in [4.78, 5) is 17.9. The maximum absolute atomic E-state index is 13.0. The Hall–Kier alpha value is -1.89. The maximum Gasteiger partial charge on any atom is 0.251 e. The quantitative estimate of drug-likeness (QED) is 0.425. The lowest BCUT2D eigenvalue weighted by atomic mass is 9.95. The highest BCUT2D eigenvalue weighted by atomic mass is 35.5. The van der Waals surface area contributed by atoms with Crippen molar-refractivity contribution in [2.45, 2.75) is 64.2 Å². The molecule has 2 aromatic rings. The zero-order valence-electron chi connectivity index (χ0n) is 20.6. The van der Waals surface area contributed by atoms with Crippen LogP contribution in [0.25, 0.3) is 5.57 Å². The van der Waals surface area contributed by atoms with Gasteiger partial charge in [0, 0.05) is 16.8 Å². The molecule has 186 valence electrons. The van der Waals surface area contributed by atoms with Crippen LogP contribution in [-0.2, 0) is 16.3 Å². The Morgan fingerprint density at radius 3 is 2.41 bits per heavy atom. The third-order valence-corrected chi connectivity index (χ3v) is 9.10. The number of hydrogen-bond acceptors (Lipinski definition) is 4. The fourth-order valence-electron chi connectivity index (χ4n) is 4.69. The summed E-state index contributed by atoms with van der Waals surface area (Å²) in [5, 5.41) is 0.227. The van der Waals surface area contributed by atoms with Crippen LogP contribution in [-0.4, -0.2) is 43.7 Å². The first kappa shape index (κ1) is 26.7. The number of aryl methyl sites for hydroxylation is 1. The van der Waals surface area contributed by atoms with Crippen molar-refractivity contribution in [2.75, 3.05) is 25.4 Å². The van der Waals surface area contributed by atoms with Gasteiger partial charge in [0.2, 0.25) is 0 Å². The fourth-order valence-corrected chi connectivity index (χ4v) is 6.58. The van der Waals surface area contributed by atoms with Crippen molar-refractivity contribution < 1.29 is 8.42 Å². The predicted molar refractivity (Wildman–Crippen MR) is 141 cm³/mol. The Labute approximate surface area is 209 Å². The number of allylic oxidation sites excluding steroid dienone is 1. The van der Waals surface area contributed by atoms with Gasteiger partial charge >= 0.3 is 0 Å². The molecule has 1 N–H and O–H groups in total. The molecule has 0 unspecified atom stereocenters. The molecule has 1 aliphatic rings. The molecule has 3 rings (SSSR count). The van der Waals surface area contributed by atoms with Crippen LogP contribution in [0, 0.1) is 5.92 Å². The van der Waals surface area contributed by atoms with Crippen LogP contribution in [0.4, 0.5) is 0 Å². The number of aromatic amines is 1. The van der Waals surface area contributed by atoms with Gasteiger partial charge in [-0.1, -0.05) is 63.4 Å². The number of benzene rings is 1. The number of hydrogen-bond donors (Lipinski definition) is 1. The standard InChI is InChI=1S/C27H37ClN2O3S/c1-4-21-12-14-25(29-27(21)31)23(18-20-10-7-8-11-20)22-13-15-26(24(28)19-22)34(32,33)17-9-16-30(5-2)6-3/h12-15,18-20H,4-11,16-17H2,1-3H3,(H,29,31)/b23-18+. The minimum absolute atomic E-state index is 0.0686. The molecule has 1 aromatic carbocycles. The van der Waals surface area contributed by atoms with E-state index in [1.807, 2.05) is 25.1 Å². The SMILES string of the molecule is CCc1ccc(/C(=C/C2CCCC2)c2ccc(S(=O)(=O)CCCN(CC)CC)c(Cl)c2)[nH]c1=O. The van der Waals surface area contributed by atoms with Gasteiger partial charge in [-0.25, -0.2) is 8.42 Å². The summed E-state index contributed by atoms with van der Waals surface area (Å²) in [5.41, 5.74) is 3.11. The highest BCUT2D eigenvalue weighted by molar-refractivity contribution is 7.91. The van der Waals surface area contributed by atoms with E-state index in [0.29, 0.717) is 18.8 Å². The molecule has 0 amide bonds. The van der Waals surface area contributed by atoms with E-state index in [-0.39, 0.29) is 21.2 Å². The van der Waals surface area contributed by atoms with Crippen molar-refractivity contribution in [3.63, 3.8) is 0 Å². The molecule has 0 aliphatic heterocycles. The summed E-state index contributed by atoms with van der Waals surface area (Å²) >= 11 is 6.55. The zero-order valence-corrected chi connectivity index (χ0v) is 22.1. The van der Waals surface area contributed by atoms with Crippen molar-refractivity contribution in [2.24, 2.45) is 5.92 Å². The van der Waals surface area contributed by atoms with Gasteiger partial charge in [0.1, 0.15) is 0 Å². The van der Waals surface area contributed by atoms with E-state index >= 15 is 0 Å². The first-order valence-corrected chi connectivity index (χ1v) is 14.5. The van der Waals surface area contributed by atoms with E-state index in [1.54, 1.807) is 12.1 Å². The van der Waals surface area contributed by atoms with Crippen molar-refractivity contribution in [1.82, 2.24) is 9.88 Å². The van der Waals surface area contributed by atoms with Gasteiger partial charge in [-0.15, -0.1) is 0 Å². The van der Waals surface area contributed by atoms with Gasteiger partial charge in [0.25, 0.3) is 5.56 Å². The second kappa shape index (κ2) is 12.2. The molecule has 1 saturated carbocycles.